The topological polar surface area (TPSA) is 54.9 Å². The third-order valence-electron chi connectivity index (χ3n) is 4.15. The van der Waals surface area contributed by atoms with Gasteiger partial charge in [0.15, 0.2) is 0 Å². The molecule has 1 fully saturated rings. The zero-order chi connectivity index (χ0) is 15.4. The van der Waals surface area contributed by atoms with Crippen LogP contribution in [0.25, 0.3) is 0 Å². The molecule has 1 aromatic heterocycles. The van der Waals surface area contributed by atoms with E-state index in [1.165, 1.54) is 12.7 Å². The predicted octanol–water partition coefficient (Wildman–Crippen LogP) is 3.33. The highest BCUT2D eigenvalue weighted by Crippen LogP contribution is 2.38. The molecule has 0 unspecified atom stereocenters. The first-order chi connectivity index (χ1) is 10.7. The van der Waals surface area contributed by atoms with Crippen molar-refractivity contribution < 1.29 is 4.79 Å². The van der Waals surface area contributed by atoms with Crippen LogP contribution in [0.5, 0.6) is 0 Å². The Balaban J connectivity index is 1.70. The minimum absolute atomic E-state index is 0.00153. The number of hydrogen-bond acceptors (Lipinski definition) is 3. The van der Waals surface area contributed by atoms with Crippen LogP contribution in [0.2, 0.25) is 5.02 Å². The molecule has 0 radical (unpaired) electrons. The lowest BCUT2D eigenvalue weighted by molar-refractivity contribution is -0.121. The van der Waals surface area contributed by atoms with Crippen LogP contribution < -0.4 is 5.32 Å². The summed E-state index contributed by atoms with van der Waals surface area (Å²) in [6.45, 7) is 0. The van der Waals surface area contributed by atoms with E-state index in [4.69, 9.17) is 11.6 Å². The Morgan fingerprint density at radius 1 is 1.23 bits per heavy atom. The molecule has 1 amide bonds. The maximum Gasteiger partial charge on any atom is 0.225 e. The second-order valence-corrected chi connectivity index (χ2v) is 6.15. The van der Waals surface area contributed by atoms with Crippen LogP contribution in [0.15, 0.2) is 43.0 Å². The standard InChI is InChI=1S/C17H18ClN3O/c18-15-6-4-14(5-7-15)17(13-2-1-3-13)21-16(22)8-12-9-19-11-20-10-12/h4-7,9-11,13,17H,1-3,8H2,(H,21,22)/t17-/m0/s1. The second-order valence-electron chi connectivity index (χ2n) is 5.71. The van der Waals surface area contributed by atoms with Crippen LogP contribution in [-0.2, 0) is 11.2 Å². The molecule has 0 aliphatic heterocycles. The van der Waals surface area contributed by atoms with E-state index in [9.17, 15) is 4.79 Å². The van der Waals surface area contributed by atoms with Gasteiger partial charge in [-0.25, -0.2) is 9.97 Å². The van der Waals surface area contributed by atoms with Gasteiger partial charge < -0.3 is 5.32 Å². The van der Waals surface area contributed by atoms with Gasteiger partial charge in [-0.1, -0.05) is 30.2 Å². The van der Waals surface area contributed by atoms with E-state index in [1.807, 2.05) is 24.3 Å². The van der Waals surface area contributed by atoms with Gasteiger partial charge in [0.2, 0.25) is 5.91 Å². The fraction of sp³-hybridized carbons (Fsp3) is 0.353. The average Bonchev–Trinajstić information content (AvgIpc) is 2.46. The molecule has 0 saturated heterocycles. The summed E-state index contributed by atoms with van der Waals surface area (Å²) in [7, 11) is 0. The van der Waals surface area contributed by atoms with Crippen molar-refractivity contribution in [3.63, 3.8) is 0 Å². The van der Waals surface area contributed by atoms with Crippen LogP contribution in [0, 0.1) is 5.92 Å². The molecule has 0 spiro atoms. The molecule has 1 aliphatic rings. The largest absolute Gasteiger partial charge is 0.349 e. The van der Waals surface area contributed by atoms with E-state index >= 15 is 0 Å². The van der Waals surface area contributed by atoms with E-state index in [0.29, 0.717) is 17.4 Å². The number of benzene rings is 1. The summed E-state index contributed by atoms with van der Waals surface area (Å²) < 4.78 is 0. The summed E-state index contributed by atoms with van der Waals surface area (Å²) in [5, 5.41) is 3.88. The predicted molar refractivity (Wildman–Crippen MR) is 85.4 cm³/mol. The van der Waals surface area contributed by atoms with Gasteiger partial charge in [-0.05, 0) is 42.0 Å². The highest BCUT2D eigenvalue weighted by molar-refractivity contribution is 6.30. The third kappa shape index (κ3) is 3.63. The number of carbonyl (C=O) groups excluding carboxylic acids is 1. The average molecular weight is 316 g/mol. The van der Waals surface area contributed by atoms with Gasteiger partial charge in [-0.3, -0.25) is 4.79 Å². The number of amides is 1. The molecule has 1 N–H and O–H groups in total. The Labute approximate surface area is 134 Å². The normalized spacial score (nSPS) is 15.9. The molecule has 114 valence electrons. The van der Waals surface area contributed by atoms with Gasteiger partial charge in [-0.15, -0.1) is 0 Å². The Hall–Kier alpha value is -1.94. The maximum absolute atomic E-state index is 12.3. The van der Waals surface area contributed by atoms with Crippen molar-refractivity contribution in [2.45, 2.75) is 31.7 Å². The first-order valence-electron chi connectivity index (χ1n) is 7.51. The zero-order valence-electron chi connectivity index (χ0n) is 12.2. The minimum Gasteiger partial charge on any atom is -0.349 e. The number of rotatable bonds is 5. The Kier molecular flexibility index (Phi) is 4.68. The van der Waals surface area contributed by atoms with Crippen molar-refractivity contribution >= 4 is 17.5 Å². The van der Waals surface area contributed by atoms with Gasteiger partial charge in [0.05, 0.1) is 12.5 Å². The van der Waals surface area contributed by atoms with E-state index in [-0.39, 0.29) is 11.9 Å². The summed E-state index contributed by atoms with van der Waals surface area (Å²) >= 11 is 5.96. The van der Waals surface area contributed by atoms with Crippen LogP contribution in [0.3, 0.4) is 0 Å². The van der Waals surface area contributed by atoms with Crippen LogP contribution in [0.1, 0.15) is 36.4 Å². The highest BCUT2D eigenvalue weighted by Gasteiger charge is 2.29. The molecule has 1 saturated carbocycles. The van der Waals surface area contributed by atoms with Crippen molar-refractivity contribution in [3.8, 4) is 0 Å². The Morgan fingerprint density at radius 2 is 1.91 bits per heavy atom. The quantitative estimate of drug-likeness (QED) is 0.920. The lowest BCUT2D eigenvalue weighted by Gasteiger charge is -2.34. The van der Waals surface area contributed by atoms with Gasteiger partial charge in [0.25, 0.3) is 0 Å². The molecule has 4 nitrogen and oxygen atoms in total. The van der Waals surface area contributed by atoms with E-state index in [1.54, 1.807) is 12.4 Å². The van der Waals surface area contributed by atoms with Gasteiger partial charge in [0, 0.05) is 17.4 Å². The molecule has 22 heavy (non-hydrogen) atoms. The fourth-order valence-electron chi connectivity index (χ4n) is 2.75. The maximum atomic E-state index is 12.3. The van der Waals surface area contributed by atoms with Crippen LogP contribution in [0.4, 0.5) is 0 Å². The molecule has 5 heteroatoms. The number of carbonyl (C=O) groups is 1. The lowest BCUT2D eigenvalue weighted by atomic mass is 9.77. The third-order valence-corrected chi connectivity index (χ3v) is 4.40. The molecule has 1 aromatic carbocycles. The van der Waals surface area contributed by atoms with Crippen molar-refractivity contribution in [1.82, 2.24) is 15.3 Å². The SMILES string of the molecule is O=C(Cc1cncnc1)N[C@H](c1ccc(Cl)cc1)C1CCC1. The summed E-state index contributed by atoms with van der Waals surface area (Å²) in [6.07, 6.45) is 8.66. The summed E-state index contributed by atoms with van der Waals surface area (Å²) in [4.78, 5) is 20.2. The van der Waals surface area contributed by atoms with Crippen molar-refractivity contribution in [2.24, 2.45) is 5.92 Å². The number of nitrogens with zero attached hydrogens (tertiary/aromatic N) is 2. The number of hydrogen-bond donors (Lipinski definition) is 1. The minimum atomic E-state index is 0.00153. The number of aromatic nitrogens is 2. The molecule has 0 bridgehead atoms. The molecule has 3 rings (SSSR count). The van der Waals surface area contributed by atoms with Crippen molar-refractivity contribution in [3.05, 3.63) is 59.1 Å². The van der Waals surface area contributed by atoms with Gasteiger partial charge in [-0.2, -0.15) is 0 Å². The smallest absolute Gasteiger partial charge is 0.225 e. The van der Waals surface area contributed by atoms with Gasteiger partial charge in [0.1, 0.15) is 6.33 Å². The molecule has 1 aliphatic carbocycles. The molecule has 2 aromatic rings. The lowest BCUT2D eigenvalue weighted by Crippen LogP contribution is -2.37. The molecule has 1 atom stereocenters. The van der Waals surface area contributed by atoms with E-state index < -0.39 is 0 Å². The fourth-order valence-corrected chi connectivity index (χ4v) is 2.87. The highest BCUT2D eigenvalue weighted by atomic mass is 35.5. The van der Waals surface area contributed by atoms with Crippen molar-refractivity contribution in [2.75, 3.05) is 0 Å². The van der Waals surface area contributed by atoms with Crippen LogP contribution in [-0.4, -0.2) is 15.9 Å². The summed E-state index contributed by atoms with van der Waals surface area (Å²) in [5.41, 5.74) is 1.94. The van der Waals surface area contributed by atoms with E-state index in [0.717, 1.165) is 24.0 Å². The zero-order valence-corrected chi connectivity index (χ0v) is 13.0. The number of halogens is 1. The van der Waals surface area contributed by atoms with E-state index in [2.05, 4.69) is 15.3 Å². The van der Waals surface area contributed by atoms with Crippen LogP contribution >= 0.6 is 11.6 Å². The molecule has 1 heterocycles. The Bertz CT molecular complexity index is 626. The summed E-state index contributed by atoms with van der Waals surface area (Å²) in [5.74, 6) is 0.513. The molecular weight excluding hydrogens is 298 g/mol. The number of nitrogens with one attached hydrogen (secondary N) is 1. The first kappa shape index (κ1) is 15.0. The van der Waals surface area contributed by atoms with Crippen molar-refractivity contribution in [1.29, 1.82) is 0 Å². The second kappa shape index (κ2) is 6.88. The monoisotopic (exact) mass is 315 g/mol. The Morgan fingerprint density at radius 3 is 2.50 bits per heavy atom. The van der Waals surface area contributed by atoms with Gasteiger partial charge >= 0.3 is 0 Å². The first-order valence-corrected chi connectivity index (χ1v) is 7.89. The molecular formula is C17H18ClN3O. The summed E-state index contributed by atoms with van der Waals surface area (Å²) in [6, 6.07) is 7.80.